The Balaban J connectivity index is 1.74. The summed E-state index contributed by atoms with van der Waals surface area (Å²) < 4.78 is 30.6. The lowest BCUT2D eigenvalue weighted by Gasteiger charge is -2.35. The summed E-state index contributed by atoms with van der Waals surface area (Å²) in [7, 11) is 0. The van der Waals surface area contributed by atoms with Crippen LogP contribution in [0.4, 0.5) is 4.39 Å². The third-order valence-electron chi connectivity index (χ3n) is 5.08. The molecule has 0 N–H and O–H groups in total. The van der Waals surface area contributed by atoms with Gasteiger partial charge in [-0.25, -0.2) is 4.39 Å². The van der Waals surface area contributed by atoms with Crippen molar-refractivity contribution in [1.29, 1.82) is 0 Å². The maximum atomic E-state index is 13.4. The summed E-state index contributed by atoms with van der Waals surface area (Å²) in [5.41, 5.74) is 0.740. The van der Waals surface area contributed by atoms with Crippen LogP contribution in [0.25, 0.3) is 0 Å². The molecule has 0 aromatic heterocycles. The highest BCUT2D eigenvalue weighted by Crippen LogP contribution is 2.39. The van der Waals surface area contributed by atoms with E-state index in [9.17, 15) is 14.0 Å². The zero-order valence-electron chi connectivity index (χ0n) is 18.7. The summed E-state index contributed by atoms with van der Waals surface area (Å²) in [5, 5.41) is 0. The first-order valence-corrected chi connectivity index (χ1v) is 10.9. The lowest BCUT2D eigenvalue weighted by atomic mass is 10.1. The van der Waals surface area contributed by atoms with Crippen LogP contribution < -0.4 is 14.2 Å². The van der Waals surface area contributed by atoms with Crippen molar-refractivity contribution in [1.82, 2.24) is 9.80 Å². The summed E-state index contributed by atoms with van der Waals surface area (Å²) in [5.74, 6) is 0.545. The highest BCUT2D eigenvalue weighted by Gasteiger charge is 2.27. The van der Waals surface area contributed by atoms with Crippen LogP contribution in [0.3, 0.4) is 0 Å². The van der Waals surface area contributed by atoms with Crippen molar-refractivity contribution in [3.63, 3.8) is 0 Å². The molecule has 3 rings (SSSR count). The molecule has 1 fully saturated rings. The molecular weight excluding hydrogens is 415 g/mol. The Morgan fingerprint density at radius 1 is 0.781 bits per heavy atom. The molecule has 32 heavy (non-hydrogen) atoms. The van der Waals surface area contributed by atoms with Crippen LogP contribution in [0.2, 0.25) is 0 Å². The highest BCUT2D eigenvalue weighted by molar-refractivity contribution is 5.97. The second kappa shape index (κ2) is 10.8. The SMILES string of the molecule is CCOc1cc(C(=O)N2CCN(C(=O)c3cccc(F)c3)CC2)cc(OCC)c1OCC. The average molecular weight is 445 g/mol. The van der Waals surface area contributed by atoms with Gasteiger partial charge in [0, 0.05) is 37.3 Å². The number of ether oxygens (including phenoxy) is 3. The number of rotatable bonds is 8. The molecule has 2 aromatic carbocycles. The van der Waals surface area contributed by atoms with Crippen LogP contribution in [-0.4, -0.2) is 67.6 Å². The first-order chi connectivity index (χ1) is 15.5. The Morgan fingerprint density at radius 2 is 1.28 bits per heavy atom. The third-order valence-corrected chi connectivity index (χ3v) is 5.08. The lowest BCUT2D eigenvalue weighted by molar-refractivity contribution is 0.0535. The largest absolute Gasteiger partial charge is 0.490 e. The molecule has 1 heterocycles. The molecule has 0 bridgehead atoms. The Labute approximate surface area is 187 Å². The fourth-order valence-electron chi connectivity index (χ4n) is 3.61. The summed E-state index contributed by atoms with van der Waals surface area (Å²) in [6, 6.07) is 8.97. The normalized spacial score (nSPS) is 13.6. The molecule has 0 saturated carbocycles. The van der Waals surface area contributed by atoms with Crippen LogP contribution in [0.1, 0.15) is 41.5 Å². The van der Waals surface area contributed by atoms with Crippen LogP contribution in [0.5, 0.6) is 17.2 Å². The number of carbonyl (C=O) groups excluding carboxylic acids is 2. The van der Waals surface area contributed by atoms with E-state index < -0.39 is 5.82 Å². The molecule has 1 aliphatic rings. The molecule has 7 nitrogen and oxygen atoms in total. The quantitative estimate of drug-likeness (QED) is 0.622. The number of nitrogens with zero attached hydrogens (tertiary/aromatic N) is 2. The topological polar surface area (TPSA) is 68.3 Å². The van der Waals surface area contributed by atoms with E-state index in [1.165, 1.54) is 18.2 Å². The van der Waals surface area contributed by atoms with Gasteiger partial charge in [0.15, 0.2) is 11.5 Å². The second-order valence-electron chi connectivity index (χ2n) is 7.20. The lowest BCUT2D eigenvalue weighted by Crippen LogP contribution is -2.50. The summed E-state index contributed by atoms with van der Waals surface area (Å²) in [6.07, 6.45) is 0. The molecule has 0 radical (unpaired) electrons. The van der Waals surface area contributed by atoms with Gasteiger partial charge in [-0.3, -0.25) is 9.59 Å². The van der Waals surface area contributed by atoms with Gasteiger partial charge in [0.25, 0.3) is 11.8 Å². The molecule has 1 saturated heterocycles. The monoisotopic (exact) mass is 444 g/mol. The predicted molar refractivity (Wildman–Crippen MR) is 118 cm³/mol. The molecule has 8 heteroatoms. The van der Waals surface area contributed by atoms with E-state index in [1.54, 1.807) is 28.0 Å². The number of halogens is 1. The van der Waals surface area contributed by atoms with Crippen LogP contribution >= 0.6 is 0 Å². The molecular formula is C24H29FN2O5. The smallest absolute Gasteiger partial charge is 0.254 e. The molecule has 1 aliphatic heterocycles. The van der Waals surface area contributed by atoms with Crippen LogP contribution in [0.15, 0.2) is 36.4 Å². The van der Waals surface area contributed by atoms with E-state index in [-0.39, 0.29) is 11.8 Å². The van der Waals surface area contributed by atoms with Crippen molar-refractivity contribution < 1.29 is 28.2 Å². The van der Waals surface area contributed by atoms with Gasteiger partial charge in [0.05, 0.1) is 19.8 Å². The highest BCUT2D eigenvalue weighted by atomic mass is 19.1. The van der Waals surface area contributed by atoms with Crippen molar-refractivity contribution in [2.24, 2.45) is 0 Å². The molecule has 0 spiro atoms. The van der Waals surface area contributed by atoms with Crippen molar-refractivity contribution in [3.8, 4) is 17.2 Å². The Morgan fingerprint density at radius 3 is 1.75 bits per heavy atom. The Kier molecular flexibility index (Phi) is 7.92. The van der Waals surface area contributed by atoms with Gasteiger partial charge in [-0.2, -0.15) is 0 Å². The van der Waals surface area contributed by atoms with Gasteiger partial charge in [0.1, 0.15) is 5.82 Å². The molecule has 0 aliphatic carbocycles. The minimum atomic E-state index is -0.449. The Bertz CT molecular complexity index is 930. The number of carbonyl (C=O) groups is 2. The zero-order chi connectivity index (χ0) is 23.1. The number of hydrogen-bond donors (Lipinski definition) is 0. The van der Waals surface area contributed by atoms with Crippen LogP contribution in [-0.2, 0) is 0 Å². The van der Waals surface area contributed by atoms with Gasteiger partial charge >= 0.3 is 0 Å². The second-order valence-corrected chi connectivity index (χ2v) is 7.20. The average Bonchev–Trinajstić information content (AvgIpc) is 2.80. The minimum Gasteiger partial charge on any atom is -0.490 e. The van der Waals surface area contributed by atoms with Gasteiger partial charge in [-0.1, -0.05) is 6.07 Å². The number of hydrogen-bond acceptors (Lipinski definition) is 5. The predicted octanol–water partition coefficient (Wildman–Crippen LogP) is 3.62. The fourth-order valence-corrected chi connectivity index (χ4v) is 3.61. The van der Waals surface area contributed by atoms with Gasteiger partial charge in [-0.05, 0) is 51.1 Å². The van der Waals surface area contributed by atoms with E-state index in [4.69, 9.17) is 14.2 Å². The summed E-state index contributed by atoms with van der Waals surface area (Å²) in [6.45, 7) is 8.36. The summed E-state index contributed by atoms with van der Waals surface area (Å²) >= 11 is 0. The molecule has 172 valence electrons. The first kappa shape index (κ1) is 23.4. The summed E-state index contributed by atoms with van der Waals surface area (Å²) in [4.78, 5) is 29.2. The van der Waals surface area contributed by atoms with Gasteiger partial charge in [0.2, 0.25) is 5.75 Å². The first-order valence-electron chi connectivity index (χ1n) is 10.9. The van der Waals surface area contributed by atoms with Crippen LogP contribution in [0, 0.1) is 5.82 Å². The standard InChI is InChI=1S/C24H29FN2O5/c1-4-30-20-15-18(16-21(31-5-2)22(20)32-6-3)24(29)27-12-10-26(11-13-27)23(28)17-8-7-9-19(25)14-17/h7-9,14-16H,4-6,10-13H2,1-3H3. The molecule has 2 amide bonds. The number of amides is 2. The zero-order valence-corrected chi connectivity index (χ0v) is 18.7. The Hall–Kier alpha value is -3.29. The van der Waals surface area contributed by atoms with E-state index in [0.29, 0.717) is 74.4 Å². The van der Waals surface area contributed by atoms with E-state index in [0.717, 1.165) is 0 Å². The van der Waals surface area contributed by atoms with Crippen molar-refractivity contribution in [2.75, 3.05) is 46.0 Å². The third kappa shape index (κ3) is 5.30. The minimum absolute atomic E-state index is 0.173. The number of piperazine rings is 1. The molecule has 0 unspecified atom stereocenters. The molecule has 0 atom stereocenters. The van der Waals surface area contributed by atoms with E-state index >= 15 is 0 Å². The number of benzene rings is 2. The fraction of sp³-hybridized carbons (Fsp3) is 0.417. The van der Waals surface area contributed by atoms with Gasteiger partial charge < -0.3 is 24.0 Å². The van der Waals surface area contributed by atoms with E-state index in [1.807, 2.05) is 20.8 Å². The van der Waals surface area contributed by atoms with E-state index in [2.05, 4.69) is 0 Å². The molecule has 2 aromatic rings. The van der Waals surface area contributed by atoms with Crippen molar-refractivity contribution in [2.45, 2.75) is 20.8 Å². The van der Waals surface area contributed by atoms with Gasteiger partial charge in [-0.15, -0.1) is 0 Å². The van der Waals surface area contributed by atoms with Crippen molar-refractivity contribution in [3.05, 3.63) is 53.3 Å². The van der Waals surface area contributed by atoms with Crippen molar-refractivity contribution >= 4 is 11.8 Å². The maximum Gasteiger partial charge on any atom is 0.254 e. The maximum absolute atomic E-state index is 13.4.